The number of nitrogens with zero attached hydrogens (tertiary/aromatic N) is 1. The zero-order valence-electron chi connectivity index (χ0n) is 14.4. The van der Waals surface area contributed by atoms with Crippen molar-refractivity contribution < 1.29 is 22.7 Å². The van der Waals surface area contributed by atoms with Crippen LogP contribution in [0.5, 0.6) is 0 Å². The number of rotatable bonds is 4. The molecule has 2 heterocycles. The molecule has 2 fully saturated rings. The summed E-state index contributed by atoms with van der Waals surface area (Å²) in [7, 11) is 0. The van der Waals surface area contributed by atoms with E-state index in [4.69, 9.17) is 4.74 Å². The lowest BCUT2D eigenvalue weighted by Gasteiger charge is -2.33. The Kier molecular flexibility index (Phi) is 7.32. The summed E-state index contributed by atoms with van der Waals surface area (Å²) in [6.07, 6.45) is -2.44. The number of carbonyl (C=O) groups is 1. The van der Waals surface area contributed by atoms with Crippen molar-refractivity contribution in [3.8, 4) is 0 Å². The molecule has 2 aliphatic heterocycles. The van der Waals surface area contributed by atoms with Gasteiger partial charge in [-0.2, -0.15) is 13.2 Å². The van der Waals surface area contributed by atoms with Crippen LogP contribution in [0.2, 0.25) is 0 Å². The van der Waals surface area contributed by atoms with Crippen LogP contribution in [0.25, 0.3) is 0 Å². The van der Waals surface area contributed by atoms with Crippen molar-refractivity contribution in [1.29, 1.82) is 0 Å². The molecule has 1 N–H and O–H groups in total. The number of morpholine rings is 1. The molecule has 0 bridgehead atoms. The van der Waals surface area contributed by atoms with Gasteiger partial charge in [0.1, 0.15) is 6.10 Å². The summed E-state index contributed by atoms with van der Waals surface area (Å²) in [6.45, 7) is 3.12. The molecule has 2 aliphatic rings. The molecule has 1 amide bonds. The second-order valence-electron chi connectivity index (χ2n) is 6.72. The predicted octanol–water partition coefficient (Wildman–Crippen LogP) is 3.42. The normalized spacial score (nSPS) is 23.6. The number of hydrogen-bond acceptors (Lipinski definition) is 3. The molecule has 0 aromatic heterocycles. The van der Waals surface area contributed by atoms with E-state index in [2.05, 4.69) is 5.32 Å². The first-order valence-electron chi connectivity index (χ1n) is 8.71. The van der Waals surface area contributed by atoms with E-state index in [-0.39, 0.29) is 18.3 Å². The van der Waals surface area contributed by atoms with E-state index >= 15 is 0 Å². The minimum atomic E-state index is -4.38. The van der Waals surface area contributed by atoms with Gasteiger partial charge in [0.25, 0.3) is 0 Å². The quantitative estimate of drug-likeness (QED) is 0.853. The highest BCUT2D eigenvalue weighted by atomic mass is 35.5. The van der Waals surface area contributed by atoms with Crippen molar-refractivity contribution in [2.45, 2.75) is 31.5 Å². The van der Waals surface area contributed by atoms with Crippen molar-refractivity contribution in [2.75, 3.05) is 32.8 Å². The summed E-state index contributed by atoms with van der Waals surface area (Å²) in [5, 5.41) is 3.28. The van der Waals surface area contributed by atoms with Crippen molar-refractivity contribution in [3.63, 3.8) is 0 Å². The minimum Gasteiger partial charge on any atom is -0.370 e. The van der Waals surface area contributed by atoms with Gasteiger partial charge in [-0.05, 0) is 49.5 Å². The van der Waals surface area contributed by atoms with E-state index in [1.54, 1.807) is 11.0 Å². The lowest BCUT2D eigenvalue weighted by atomic mass is 10.0. The van der Waals surface area contributed by atoms with E-state index in [1.165, 1.54) is 6.07 Å². The molecular formula is C18H24ClF3N2O2. The van der Waals surface area contributed by atoms with Gasteiger partial charge >= 0.3 is 6.18 Å². The van der Waals surface area contributed by atoms with Crippen LogP contribution in [0.15, 0.2) is 24.3 Å². The average Bonchev–Trinajstić information content (AvgIpc) is 3.13. The number of hydrogen-bond donors (Lipinski definition) is 1. The Labute approximate surface area is 157 Å². The van der Waals surface area contributed by atoms with Crippen molar-refractivity contribution in [3.05, 3.63) is 35.4 Å². The average molecular weight is 393 g/mol. The maximum absolute atomic E-state index is 12.9. The van der Waals surface area contributed by atoms with Gasteiger partial charge in [0.05, 0.1) is 18.7 Å². The number of benzene rings is 1. The molecule has 8 heteroatoms. The smallest absolute Gasteiger partial charge is 0.370 e. The Morgan fingerprint density at radius 2 is 2.15 bits per heavy atom. The Morgan fingerprint density at radius 1 is 1.35 bits per heavy atom. The van der Waals surface area contributed by atoms with Crippen molar-refractivity contribution >= 4 is 18.3 Å². The Hall–Kier alpha value is -1.31. The number of alkyl halides is 3. The first kappa shape index (κ1) is 21.0. The zero-order chi connectivity index (χ0) is 17.9. The minimum absolute atomic E-state index is 0. The predicted molar refractivity (Wildman–Crippen MR) is 94.2 cm³/mol. The second kappa shape index (κ2) is 9.06. The highest BCUT2D eigenvalue weighted by Crippen LogP contribution is 2.32. The molecule has 0 saturated carbocycles. The Morgan fingerprint density at radius 3 is 2.85 bits per heavy atom. The monoisotopic (exact) mass is 392 g/mol. The maximum atomic E-state index is 12.9. The number of amides is 1. The molecule has 4 nitrogen and oxygen atoms in total. The topological polar surface area (TPSA) is 41.6 Å². The molecule has 0 radical (unpaired) electrons. The molecule has 0 aliphatic carbocycles. The second-order valence-corrected chi connectivity index (χ2v) is 6.72. The first-order chi connectivity index (χ1) is 11.9. The van der Waals surface area contributed by atoms with Gasteiger partial charge in [0.15, 0.2) is 0 Å². The van der Waals surface area contributed by atoms with Gasteiger partial charge < -0.3 is 15.0 Å². The summed E-state index contributed by atoms with van der Waals surface area (Å²) in [5.41, 5.74) is -0.224. The van der Waals surface area contributed by atoms with Gasteiger partial charge in [-0.15, -0.1) is 12.4 Å². The molecule has 2 atom stereocenters. The van der Waals surface area contributed by atoms with Crippen LogP contribution in [-0.4, -0.2) is 43.6 Å². The fourth-order valence-electron chi connectivity index (χ4n) is 3.44. The van der Waals surface area contributed by atoms with E-state index in [0.717, 1.165) is 38.1 Å². The molecule has 3 rings (SSSR count). The number of nitrogens with one attached hydrogen (secondary N) is 1. The fraction of sp³-hybridized carbons (Fsp3) is 0.611. The fourth-order valence-corrected chi connectivity index (χ4v) is 3.44. The van der Waals surface area contributed by atoms with Crippen LogP contribution in [0.4, 0.5) is 13.2 Å². The lowest BCUT2D eigenvalue weighted by molar-refractivity contribution is -0.140. The Bertz CT molecular complexity index is 606. The molecule has 146 valence electrons. The molecule has 0 spiro atoms. The van der Waals surface area contributed by atoms with Crippen molar-refractivity contribution in [1.82, 2.24) is 10.2 Å². The van der Waals surface area contributed by atoms with Crippen LogP contribution < -0.4 is 5.32 Å². The van der Waals surface area contributed by atoms with E-state index in [9.17, 15) is 18.0 Å². The SMILES string of the molecule is Cl.O=C(CCC1CCNC1)N1CCOC(c2cccc(C(F)(F)F)c2)C1. The third-order valence-electron chi connectivity index (χ3n) is 4.93. The molecule has 1 aromatic carbocycles. The van der Waals surface area contributed by atoms with Crippen LogP contribution in [0.1, 0.15) is 36.5 Å². The molecule has 2 saturated heterocycles. The number of carbonyl (C=O) groups excluding carboxylic acids is 1. The Balaban J connectivity index is 0.00000243. The van der Waals surface area contributed by atoms with Gasteiger partial charge in [-0.3, -0.25) is 4.79 Å². The van der Waals surface area contributed by atoms with Crippen LogP contribution in [-0.2, 0) is 15.7 Å². The number of ether oxygens (including phenoxy) is 1. The standard InChI is InChI=1S/C18H23F3N2O2.ClH/c19-18(20,21)15-3-1-2-14(10-15)16-12-23(8-9-25-16)17(24)5-4-13-6-7-22-11-13;/h1-3,10,13,16,22H,4-9,11-12H2;1H. The number of halogens is 4. The molecule has 26 heavy (non-hydrogen) atoms. The van der Waals surface area contributed by atoms with Crippen LogP contribution in [0, 0.1) is 5.92 Å². The summed E-state index contributed by atoms with van der Waals surface area (Å²) in [6, 6.07) is 5.17. The summed E-state index contributed by atoms with van der Waals surface area (Å²) < 4.78 is 44.3. The largest absolute Gasteiger partial charge is 0.416 e. The highest BCUT2D eigenvalue weighted by Gasteiger charge is 2.32. The lowest BCUT2D eigenvalue weighted by Crippen LogP contribution is -2.42. The third kappa shape index (κ3) is 5.34. The van der Waals surface area contributed by atoms with E-state index < -0.39 is 17.8 Å². The third-order valence-corrected chi connectivity index (χ3v) is 4.93. The van der Waals surface area contributed by atoms with E-state index in [1.807, 2.05) is 0 Å². The highest BCUT2D eigenvalue weighted by molar-refractivity contribution is 5.85. The summed E-state index contributed by atoms with van der Waals surface area (Å²) in [5.74, 6) is 0.608. The van der Waals surface area contributed by atoms with Crippen molar-refractivity contribution in [2.24, 2.45) is 5.92 Å². The van der Waals surface area contributed by atoms with Crippen LogP contribution >= 0.6 is 12.4 Å². The summed E-state index contributed by atoms with van der Waals surface area (Å²) in [4.78, 5) is 14.1. The van der Waals surface area contributed by atoms with Gasteiger partial charge in [-0.25, -0.2) is 0 Å². The van der Waals surface area contributed by atoms with Gasteiger partial charge in [-0.1, -0.05) is 12.1 Å². The zero-order valence-corrected chi connectivity index (χ0v) is 15.2. The first-order valence-corrected chi connectivity index (χ1v) is 8.71. The van der Waals surface area contributed by atoms with Gasteiger partial charge in [0.2, 0.25) is 5.91 Å². The van der Waals surface area contributed by atoms with Gasteiger partial charge in [0, 0.05) is 13.0 Å². The molecule has 1 aromatic rings. The summed E-state index contributed by atoms with van der Waals surface area (Å²) >= 11 is 0. The maximum Gasteiger partial charge on any atom is 0.416 e. The van der Waals surface area contributed by atoms with E-state index in [0.29, 0.717) is 37.6 Å². The molecule has 2 unspecified atom stereocenters. The molecular weight excluding hydrogens is 369 g/mol. The van der Waals surface area contributed by atoms with Crippen LogP contribution in [0.3, 0.4) is 0 Å².